The van der Waals surface area contributed by atoms with Crippen molar-refractivity contribution < 1.29 is 9.66 Å². The van der Waals surface area contributed by atoms with E-state index in [2.05, 4.69) is 5.32 Å². The Labute approximate surface area is 99.9 Å². The molecule has 17 heavy (non-hydrogen) atoms. The van der Waals surface area contributed by atoms with E-state index in [4.69, 9.17) is 4.74 Å². The molecule has 5 heteroatoms. The normalized spacial score (nSPS) is 19.9. The number of ether oxygens (including phenoxy) is 1. The summed E-state index contributed by atoms with van der Waals surface area (Å²) in [5.74, 6) is 0.333. The van der Waals surface area contributed by atoms with Crippen LogP contribution in [0.4, 0.5) is 5.69 Å². The second-order valence-electron chi connectivity index (χ2n) is 4.19. The molecule has 0 amide bonds. The highest BCUT2D eigenvalue weighted by Crippen LogP contribution is 2.32. The maximum atomic E-state index is 10.8. The maximum Gasteiger partial charge on any atom is 0.310 e. The van der Waals surface area contributed by atoms with Gasteiger partial charge in [-0.25, -0.2) is 0 Å². The third-order valence-corrected chi connectivity index (χ3v) is 3.11. The molecule has 1 atom stereocenters. The zero-order valence-corrected chi connectivity index (χ0v) is 9.81. The van der Waals surface area contributed by atoms with Gasteiger partial charge >= 0.3 is 5.69 Å². The number of hydrogen-bond donors (Lipinski definition) is 1. The van der Waals surface area contributed by atoms with Gasteiger partial charge in [-0.2, -0.15) is 0 Å². The van der Waals surface area contributed by atoms with E-state index in [0.29, 0.717) is 11.8 Å². The zero-order chi connectivity index (χ0) is 12.3. The minimum atomic E-state index is -0.420. The van der Waals surface area contributed by atoms with Crippen LogP contribution >= 0.6 is 0 Å². The number of methoxy groups -OCH3 is 1. The number of piperidine rings is 1. The Kier molecular flexibility index (Phi) is 3.58. The lowest BCUT2D eigenvalue weighted by atomic mass is 9.97. The average molecular weight is 236 g/mol. The summed E-state index contributed by atoms with van der Waals surface area (Å²) >= 11 is 0. The molecule has 92 valence electrons. The first-order chi connectivity index (χ1) is 8.22. The first-order valence-corrected chi connectivity index (χ1v) is 5.78. The number of benzene rings is 1. The van der Waals surface area contributed by atoms with Crippen LogP contribution in [0, 0.1) is 10.1 Å². The third-order valence-electron chi connectivity index (χ3n) is 3.11. The Morgan fingerprint density at radius 1 is 1.47 bits per heavy atom. The quantitative estimate of drug-likeness (QED) is 0.646. The fourth-order valence-electron chi connectivity index (χ4n) is 2.20. The molecule has 1 saturated heterocycles. The lowest BCUT2D eigenvalue weighted by molar-refractivity contribution is -0.385. The monoisotopic (exact) mass is 236 g/mol. The molecule has 1 aromatic rings. The van der Waals surface area contributed by atoms with E-state index >= 15 is 0 Å². The van der Waals surface area contributed by atoms with Crippen molar-refractivity contribution in [2.45, 2.75) is 25.3 Å². The van der Waals surface area contributed by atoms with Crippen LogP contribution in [0.1, 0.15) is 30.9 Å². The van der Waals surface area contributed by atoms with Gasteiger partial charge in [0.25, 0.3) is 0 Å². The zero-order valence-electron chi connectivity index (χ0n) is 9.81. The molecule has 0 radical (unpaired) electrons. The van der Waals surface area contributed by atoms with Crippen molar-refractivity contribution in [1.82, 2.24) is 5.32 Å². The van der Waals surface area contributed by atoms with Gasteiger partial charge in [0.1, 0.15) is 0 Å². The molecule has 5 nitrogen and oxygen atoms in total. The minimum Gasteiger partial charge on any atom is -0.490 e. The van der Waals surface area contributed by atoms with Crippen molar-refractivity contribution in [2.75, 3.05) is 13.7 Å². The van der Waals surface area contributed by atoms with E-state index in [1.165, 1.54) is 26.0 Å². The van der Waals surface area contributed by atoms with E-state index in [-0.39, 0.29) is 5.69 Å². The van der Waals surface area contributed by atoms with Gasteiger partial charge in [0.2, 0.25) is 0 Å². The number of rotatable bonds is 3. The van der Waals surface area contributed by atoms with Crippen molar-refractivity contribution in [2.24, 2.45) is 0 Å². The SMILES string of the molecule is COc1cc(C2CCCCN2)ccc1[N+](=O)[O-]. The Morgan fingerprint density at radius 3 is 2.88 bits per heavy atom. The average Bonchev–Trinajstić information content (AvgIpc) is 2.39. The Balaban J connectivity index is 2.27. The predicted octanol–water partition coefficient (Wildman–Crippen LogP) is 2.42. The van der Waals surface area contributed by atoms with Gasteiger partial charge in [-0.1, -0.05) is 12.5 Å². The van der Waals surface area contributed by atoms with Gasteiger partial charge in [0.05, 0.1) is 12.0 Å². The van der Waals surface area contributed by atoms with Crippen molar-refractivity contribution in [3.63, 3.8) is 0 Å². The van der Waals surface area contributed by atoms with Crippen molar-refractivity contribution in [1.29, 1.82) is 0 Å². The third kappa shape index (κ3) is 2.55. The van der Waals surface area contributed by atoms with E-state index in [1.807, 2.05) is 6.07 Å². The number of nitrogens with one attached hydrogen (secondary N) is 1. The van der Waals surface area contributed by atoms with E-state index in [0.717, 1.165) is 18.5 Å². The van der Waals surface area contributed by atoms with Crippen LogP contribution in [0.2, 0.25) is 0 Å². The maximum absolute atomic E-state index is 10.8. The van der Waals surface area contributed by atoms with Gasteiger partial charge in [-0.05, 0) is 31.0 Å². The van der Waals surface area contributed by atoms with Crippen molar-refractivity contribution >= 4 is 5.69 Å². The number of hydrogen-bond acceptors (Lipinski definition) is 4. The molecule has 1 fully saturated rings. The molecule has 1 aromatic carbocycles. The predicted molar refractivity (Wildman–Crippen MR) is 64.2 cm³/mol. The van der Waals surface area contributed by atoms with E-state index < -0.39 is 4.92 Å². The first-order valence-electron chi connectivity index (χ1n) is 5.78. The fourth-order valence-corrected chi connectivity index (χ4v) is 2.20. The summed E-state index contributed by atoms with van der Waals surface area (Å²) in [7, 11) is 1.46. The molecule has 1 heterocycles. The van der Waals surface area contributed by atoms with Gasteiger partial charge in [-0.3, -0.25) is 10.1 Å². The molecule has 1 unspecified atom stereocenters. The highest BCUT2D eigenvalue weighted by Gasteiger charge is 2.19. The largest absolute Gasteiger partial charge is 0.490 e. The van der Waals surface area contributed by atoms with Gasteiger partial charge < -0.3 is 10.1 Å². The van der Waals surface area contributed by atoms with E-state index in [1.54, 1.807) is 6.07 Å². The number of nitrogens with zero attached hydrogens (tertiary/aromatic N) is 1. The van der Waals surface area contributed by atoms with Crippen LogP contribution in [0.25, 0.3) is 0 Å². The van der Waals surface area contributed by atoms with Crippen LogP contribution in [0.3, 0.4) is 0 Å². The molecule has 0 aromatic heterocycles. The van der Waals surface area contributed by atoms with Crippen LogP contribution in [-0.2, 0) is 0 Å². The highest BCUT2D eigenvalue weighted by molar-refractivity contribution is 5.49. The molecule has 0 aliphatic carbocycles. The van der Waals surface area contributed by atoms with E-state index in [9.17, 15) is 10.1 Å². The lowest BCUT2D eigenvalue weighted by Crippen LogP contribution is -2.26. The fraction of sp³-hybridized carbons (Fsp3) is 0.500. The smallest absolute Gasteiger partial charge is 0.310 e. The lowest BCUT2D eigenvalue weighted by Gasteiger charge is -2.24. The molecule has 1 N–H and O–H groups in total. The summed E-state index contributed by atoms with van der Waals surface area (Å²) in [6.45, 7) is 1.00. The summed E-state index contributed by atoms with van der Waals surface area (Å²) in [5.41, 5.74) is 1.08. The molecule has 2 rings (SSSR count). The summed E-state index contributed by atoms with van der Waals surface area (Å²) < 4.78 is 5.07. The summed E-state index contributed by atoms with van der Waals surface area (Å²) in [4.78, 5) is 10.4. The minimum absolute atomic E-state index is 0.0204. The molecule has 0 bridgehead atoms. The van der Waals surface area contributed by atoms with Gasteiger partial charge in [0.15, 0.2) is 5.75 Å². The Hall–Kier alpha value is -1.62. The molecule has 0 spiro atoms. The van der Waals surface area contributed by atoms with Crippen LogP contribution < -0.4 is 10.1 Å². The molecule has 1 aliphatic heterocycles. The number of nitro benzene ring substituents is 1. The molecule has 0 saturated carbocycles. The summed E-state index contributed by atoms with van der Waals surface area (Å²) in [6.07, 6.45) is 3.46. The topological polar surface area (TPSA) is 64.4 Å². The standard InChI is InChI=1S/C12H16N2O3/c1-17-12-8-9(5-6-11(12)14(15)16)10-4-2-3-7-13-10/h5-6,8,10,13H,2-4,7H2,1H3. The van der Waals surface area contributed by atoms with Crippen molar-refractivity contribution in [3.8, 4) is 5.75 Å². The van der Waals surface area contributed by atoms with Crippen LogP contribution in [0.15, 0.2) is 18.2 Å². The van der Waals surface area contributed by atoms with Crippen molar-refractivity contribution in [3.05, 3.63) is 33.9 Å². The van der Waals surface area contributed by atoms with Crippen LogP contribution in [0.5, 0.6) is 5.75 Å². The van der Waals surface area contributed by atoms with Gasteiger partial charge in [0, 0.05) is 12.1 Å². The number of nitro groups is 1. The second kappa shape index (κ2) is 5.14. The highest BCUT2D eigenvalue weighted by atomic mass is 16.6. The van der Waals surface area contributed by atoms with Gasteiger partial charge in [-0.15, -0.1) is 0 Å². The Morgan fingerprint density at radius 2 is 2.29 bits per heavy atom. The summed E-state index contributed by atoms with van der Waals surface area (Å²) in [6, 6.07) is 5.38. The second-order valence-corrected chi connectivity index (χ2v) is 4.19. The molecule has 1 aliphatic rings. The Bertz CT molecular complexity index is 414. The first kappa shape index (κ1) is 11.9. The summed E-state index contributed by atoms with van der Waals surface area (Å²) in [5, 5.41) is 14.2. The molecular weight excluding hydrogens is 220 g/mol. The molecular formula is C12H16N2O3. The van der Waals surface area contributed by atoms with Crippen LogP contribution in [-0.4, -0.2) is 18.6 Å².